The van der Waals surface area contributed by atoms with E-state index in [1.165, 1.54) is 0 Å². The Morgan fingerprint density at radius 2 is 2.14 bits per heavy atom. The third kappa shape index (κ3) is 2.98. The number of amides is 1. The predicted octanol–water partition coefficient (Wildman–Crippen LogP) is -0.0988. The number of carboxylic acid groups (broad SMARTS) is 1. The zero-order chi connectivity index (χ0) is 10.0. The Bertz CT molecular complexity index is 236. The van der Waals surface area contributed by atoms with E-state index in [1.807, 2.05) is 0 Å². The van der Waals surface area contributed by atoms with E-state index in [9.17, 15) is 9.90 Å². The summed E-state index contributed by atoms with van der Waals surface area (Å²) in [6, 6.07) is 0. The summed E-state index contributed by atoms with van der Waals surface area (Å²) in [5.41, 5.74) is 5.24. The van der Waals surface area contributed by atoms with E-state index in [4.69, 9.17) is 16.2 Å². The number of rotatable bonds is 1. The van der Waals surface area contributed by atoms with Gasteiger partial charge >= 0.3 is 6.09 Å². The number of β-amino-alcohol motifs (C(OH)–C–C–N with tert-alkyl or cyclic N) is 1. The summed E-state index contributed by atoms with van der Waals surface area (Å²) in [4.78, 5) is 11.6. The van der Waals surface area contributed by atoms with Crippen LogP contribution in [0.2, 0.25) is 0 Å². The molecule has 6 nitrogen and oxygen atoms in total. The normalized spacial score (nSPS) is 26.5. The highest BCUT2D eigenvalue weighted by atomic mass is 127. The van der Waals surface area contributed by atoms with Gasteiger partial charge in [-0.15, -0.1) is 24.0 Å². The fraction of sp³-hybridized carbons (Fsp3) is 0.714. The van der Waals surface area contributed by atoms with Crippen molar-refractivity contribution < 1.29 is 15.0 Å². The maximum atomic E-state index is 10.5. The van der Waals surface area contributed by atoms with Crippen LogP contribution >= 0.6 is 24.0 Å². The molecule has 1 fully saturated rings. The topological polar surface area (TPSA) is 111 Å². The fourth-order valence-corrected chi connectivity index (χ4v) is 1.47. The Hall–Kier alpha value is -0.570. The molecule has 1 aliphatic rings. The van der Waals surface area contributed by atoms with Gasteiger partial charge in [-0.05, 0) is 6.42 Å². The molecule has 0 aromatic heterocycles. The smallest absolute Gasteiger partial charge is 0.407 e. The van der Waals surface area contributed by atoms with Crippen molar-refractivity contribution in [2.75, 3.05) is 13.1 Å². The third-order valence-electron chi connectivity index (χ3n) is 2.25. The van der Waals surface area contributed by atoms with E-state index in [0.717, 1.165) is 4.90 Å². The molecule has 0 bridgehead atoms. The summed E-state index contributed by atoms with van der Waals surface area (Å²) < 4.78 is 0. The van der Waals surface area contributed by atoms with Crippen molar-refractivity contribution >= 4 is 35.9 Å². The number of aliphatic hydroxyl groups excluding tert-OH is 1. The first-order chi connectivity index (χ1) is 6.02. The Morgan fingerprint density at radius 3 is 2.50 bits per heavy atom. The first-order valence-electron chi connectivity index (χ1n) is 4.02. The van der Waals surface area contributed by atoms with E-state index >= 15 is 0 Å². The largest absolute Gasteiger partial charge is 0.465 e. The monoisotopic (exact) mass is 315 g/mol. The second kappa shape index (κ2) is 5.35. The van der Waals surface area contributed by atoms with Gasteiger partial charge in [0.25, 0.3) is 0 Å². The Balaban J connectivity index is 0.00000169. The maximum Gasteiger partial charge on any atom is 0.407 e. The van der Waals surface area contributed by atoms with Crippen molar-refractivity contribution in [3.63, 3.8) is 0 Å². The lowest BCUT2D eigenvalue weighted by molar-refractivity contribution is 0.0462. The highest BCUT2D eigenvalue weighted by Gasteiger charge is 2.31. The summed E-state index contributed by atoms with van der Waals surface area (Å²) in [5, 5.41) is 25.2. The molecule has 0 saturated carbocycles. The van der Waals surface area contributed by atoms with Crippen molar-refractivity contribution in [2.24, 2.45) is 11.7 Å². The molecule has 1 rings (SSSR count). The molecule has 1 saturated heterocycles. The molecule has 2 unspecified atom stereocenters. The van der Waals surface area contributed by atoms with Gasteiger partial charge in [-0.1, -0.05) is 0 Å². The van der Waals surface area contributed by atoms with Crippen molar-refractivity contribution in [1.82, 2.24) is 4.90 Å². The van der Waals surface area contributed by atoms with Gasteiger partial charge in [0.15, 0.2) is 0 Å². The number of halogens is 1. The standard InChI is InChI=1S/C7H13N3O3.HI/c8-6(9)4-1-2-10(7(12)13)3-5(4)11;/h4-5,11H,1-3H2,(H3,8,9)(H,12,13);1H. The number of nitrogens with two attached hydrogens (primary N) is 1. The van der Waals surface area contributed by atoms with E-state index in [2.05, 4.69) is 0 Å². The van der Waals surface area contributed by atoms with Gasteiger partial charge in [0, 0.05) is 12.5 Å². The minimum atomic E-state index is -1.04. The van der Waals surface area contributed by atoms with Gasteiger partial charge in [-0.2, -0.15) is 0 Å². The van der Waals surface area contributed by atoms with Gasteiger partial charge in [0.05, 0.1) is 18.5 Å². The maximum absolute atomic E-state index is 10.5. The number of likely N-dealkylation sites (tertiary alicyclic amines) is 1. The van der Waals surface area contributed by atoms with Crippen LogP contribution in [-0.2, 0) is 0 Å². The number of nitrogens with one attached hydrogen (secondary N) is 1. The number of carbonyl (C=O) groups is 1. The van der Waals surface area contributed by atoms with E-state index < -0.39 is 18.1 Å². The van der Waals surface area contributed by atoms with Crippen LogP contribution in [0.3, 0.4) is 0 Å². The molecule has 0 aromatic carbocycles. The van der Waals surface area contributed by atoms with Crippen LogP contribution in [-0.4, -0.2) is 46.2 Å². The molecule has 1 heterocycles. The van der Waals surface area contributed by atoms with Crippen molar-refractivity contribution in [3.8, 4) is 0 Å². The molecule has 1 aliphatic heterocycles. The van der Waals surface area contributed by atoms with Gasteiger partial charge < -0.3 is 20.8 Å². The van der Waals surface area contributed by atoms with Crippen LogP contribution in [0.25, 0.3) is 0 Å². The molecular formula is C7H14IN3O3. The van der Waals surface area contributed by atoms with E-state index in [-0.39, 0.29) is 36.4 Å². The van der Waals surface area contributed by atoms with Gasteiger partial charge in [-0.25, -0.2) is 4.79 Å². The molecule has 0 radical (unpaired) electrons. The summed E-state index contributed by atoms with van der Waals surface area (Å²) in [6.07, 6.45) is -1.47. The van der Waals surface area contributed by atoms with Crippen molar-refractivity contribution in [3.05, 3.63) is 0 Å². The fourth-order valence-electron chi connectivity index (χ4n) is 1.47. The number of hydrogen-bond donors (Lipinski definition) is 4. The van der Waals surface area contributed by atoms with Crippen molar-refractivity contribution in [2.45, 2.75) is 12.5 Å². The van der Waals surface area contributed by atoms with Gasteiger partial charge in [-0.3, -0.25) is 5.41 Å². The molecule has 0 spiro atoms. The van der Waals surface area contributed by atoms with Crippen LogP contribution in [0.15, 0.2) is 0 Å². The molecule has 1 amide bonds. The van der Waals surface area contributed by atoms with Gasteiger partial charge in [0.1, 0.15) is 0 Å². The number of aliphatic hydroxyl groups is 1. The Labute approximate surface area is 98.6 Å². The zero-order valence-electron chi connectivity index (χ0n) is 7.51. The van der Waals surface area contributed by atoms with E-state index in [0.29, 0.717) is 13.0 Å². The first-order valence-corrected chi connectivity index (χ1v) is 4.02. The van der Waals surface area contributed by atoms with Gasteiger partial charge in [0.2, 0.25) is 0 Å². The molecule has 0 aliphatic carbocycles. The minimum Gasteiger partial charge on any atom is -0.465 e. The molecular weight excluding hydrogens is 301 g/mol. The minimum absolute atomic E-state index is 0. The first kappa shape index (κ1) is 13.4. The number of amidine groups is 1. The molecule has 0 aromatic rings. The molecule has 82 valence electrons. The average molecular weight is 315 g/mol. The lowest BCUT2D eigenvalue weighted by Crippen LogP contribution is -2.49. The second-order valence-corrected chi connectivity index (χ2v) is 3.15. The third-order valence-corrected chi connectivity index (χ3v) is 2.25. The molecule has 5 N–H and O–H groups in total. The highest BCUT2D eigenvalue weighted by Crippen LogP contribution is 2.17. The van der Waals surface area contributed by atoms with E-state index in [1.54, 1.807) is 0 Å². The number of nitrogens with zero attached hydrogens (tertiary/aromatic N) is 1. The Morgan fingerprint density at radius 1 is 1.57 bits per heavy atom. The SMILES string of the molecule is I.N=C(N)C1CCN(C(=O)O)CC1O. The van der Waals surface area contributed by atoms with Crippen molar-refractivity contribution in [1.29, 1.82) is 5.41 Å². The second-order valence-electron chi connectivity index (χ2n) is 3.15. The average Bonchev–Trinajstić information content (AvgIpc) is 2.03. The van der Waals surface area contributed by atoms with Crippen LogP contribution < -0.4 is 5.73 Å². The van der Waals surface area contributed by atoms with Crippen LogP contribution in [0.4, 0.5) is 4.79 Å². The zero-order valence-corrected chi connectivity index (χ0v) is 9.84. The molecule has 14 heavy (non-hydrogen) atoms. The number of piperidine rings is 1. The summed E-state index contributed by atoms with van der Waals surface area (Å²) in [5.74, 6) is -0.465. The quantitative estimate of drug-likeness (QED) is 0.308. The van der Waals surface area contributed by atoms with Crippen LogP contribution in [0.5, 0.6) is 0 Å². The Kier molecular flexibility index (Phi) is 5.13. The van der Waals surface area contributed by atoms with Crippen LogP contribution in [0.1, 0.15) is 6.42 Å². The predicted molar refractivity (Wildman–Crippen MR) is 61.0 cm³/mol. The summed E-state index contributed by atoms with van der Waals surface area (Å²) in [6.45, 7) is 0.371. The number of hydrogen-bond acceptors (Lipinski definition) is 3. The molecule has 7 heteroatoms. The summed E-state index contributed by atoms with van der Waals surface area (Å²) in [7, 11) is 0. The molecule has 2 atom stereocenters. The highest BCUT2D eigenvalue weighted by molar-refractivity contribution is 14.0. The lowest BCUT2D eigenvalue weighted by atomic mass is 9.93. The lowest BCUT2D eigenvalue weighted by Gasteiger charge is -2.33. The van der Waals surface area contributed by atoms with Crippen LogP contribution in [0, 0.1) is 11.3 Å². The summed E-state index contributed by atoms with van der Waals surface area (Å²) >= 11 is 0.